The number of carbonyl (C=O) groups excluding carboxylic acids is 2. The average molecular weight is 409 g/mol. The maximum atomic E-state index is 15.0. The second-order valence-corrected chi connectivity index (χ2v) is 7.37. The molecule has 27 heavy (non-hydrogen) atoms. The van der Waals surface area contributed by atoms with Crippen LogP contribution in [0.4, 0.5) is 10.1 Å². The molecule has 7 heteroatoms. The molecule has 1 saturated carbocycles. The summed E-state index contributed by atoms with van der Waals surface area (Å²) in [5.41, 5.74) is 1.23. The van der Waals surface area contributed by atoms with Gasteiger partial charge in [-0.3, -0.25) is 9.59 Å². The van der Waals surface area contributed by atoms with Crippen molar-refractivity contribution in [1.29, 1.82) is 0 Å². The van der Waals surface area contributed by atoms with Gasteiger partial charge in [-0.1, -0.05) is 23.7 Å². The number of piperidine rings is 1. The van der Waals surface area contributed by atoms with Crippen LogP contribution in [0.3, 0.4) is 0 Å². The predicted octanol–water partition coefficient (Wildman–Crippen LogP) is 4.46. The van der Waals surface area contributed by atoms with Crippen molar-refractivity contribution >= 4 is 41.4 Å². The topological polar surface area (TPSA) is 58.2 Å². The first-order valence-corrected chi connectivity index (χ1v) is 8.98. The first kappa shape index (κ1) is 19.8. The van der Waals surface area contributed by atoms with Gasteiger partial charge in [0, 0.05) is 27.8 Å². The van der Waals surface area contributed by atoms with E-state index in [4.69, 9.17) is 11.6 Å². The van der Waals surface area contributed by atoms with Gasteiger partial charge in [-0.2, -0.15) is 0 Å². The lowest BCUT2D eigenvalue weighted by Gasteiger charge is -2.15. The number of benzene rings is 2. The van der Waals surface area contributed by atoms with Gasteiger partial charge in [-0.25, -0.2) is 4.39 Å². The number of hydrogen-bond donors (Lipinski definition) is 2. The quantitative estimate of drug-likeness (QED) is 0.734. The maximum absolute atomic E-state index is 15.0. The molecule has 3 unspecified atom stereocenters. The summed E-state index contributed by atoms with van der Waals surface area (Å²) in [6, 6.07) is 9.68. The Balaban J connectivity index is 0.00000210. The first-order valence-electron chi connectivity index (χ1n) is 8.60. The smallest absolute Gasteiger partial charge is 0.241 e. The highest BCUT2D eigenvalue weighted by molar-refractivity contribution is 6.33. The molecule has 4 nitrogen and oxygen atoms in total. The van der Waals surface area contributed by atoms with Crippen LogP contribution in [-0.4, -0.2) is 23.8 Å². The number of halogens is 3. The number of ketones is 1. The normalized spacial score (nSPS) is 22.6. The zero-order valence-corrected chi connectivity index (χ0v) is 16.2. The van der Waals surface area contributed by atoms with Crippen LogP contribution in [0.2, 0.25) is 5.02 Å². The summed E-state index contributed by atoms with van der Waals surface area (Å²) in [6.07, 6.45) is 1.92. The molecule has 142 valence electrons. The number of fused-ring (bicyclic) bond motifs is 1. The number of hydrogen-bond acceptors (Lipinski definition) is 3. The zero-order valence-electron chi connectivity index (χ0n) is 14.6. The monoisotopic (exact) mass is 408 g/mol. The Morgan fingerprint density at radius 1 is 1.19 bits per heavy atom. The van der Waals surface area contributed by atoms with Crippen LogP contribution in [0.5, 0.6) is 0 Å². The van der Waals surface area contributed by atoms with E-state index in [9.17, 15) is 9.59 Å². The lowest BCUT2D eigenvalue weighted by molar-refractivity contribution is -0.118. The molecule has 2 fully saturated rings. The highest BCUT2D eigenvalue weighted by Gasteiger charge is 2.47. The summed E-state index contributed by atoms with van der Waals surface area (Å²) in [5, 5.41) is 6.27. The maximum Gasteiger partial charge on any atom is 0.241 e. The van der Waals surface area contributed by atoms with Crippen molar-refractivity contribution in [2.45, 2.75) is 31.8 Å². The molecule has 3 atom stereocenters. The van der Waals surface area contributed by atoms with E-state index in [0.29, 0.717) is 28.1 Å². The predicted molar refractivity (Wildman–Crippen MR) is 106 cm³/mol. The average Bonchev–Trinajstić information content (AvgIpc) is 3.22. The highest BCUT2D eigenvalue weighted by Crippen LogP contribution is 2.41. The highest BCUT2D eigenvalue weighted by atomic mass is 35.5. The van der Waals surface area contributed by atoms with Crippen molar-refractivity contribution in [3.8, 4) is 11.1 Å². The van der Waals surface area contributed by atoms with Crippen LogP contribution in [0.25, 0.3) is 11.1 Å². The Morgan fingerprint density at radius 3 is 2.63 bits per heavy atom. The first-order chi connectivity index (χ1) is 12.4. The van der Waals surface area contributed by atoms with E-state index in [0.717, 1.165) is 12.8 Å². The Bertz CT molecular complexity index is 909. The number of nitrogens with one attached hydrogen (secondary N) is 2. The second kappa shape index (κ2) is 7.58. The van der Waals surface area contributed by atoms with Crippen molar-refractivity contribution in [2.24, 2.45) is 5.92 Å². The SMILES string of the molecule is CC(=O)c1ccc(Cl)c(-c2cccc(NC(=O)C3CC4CC4N3)c2F)c1.Cl. The number of rotatable bonds is 4. The lowest BCUT2D eigenvalue weighted by atomic mass is 10.00. The molecule has 0 spiro atoms. The van der Waals surface area contributed by atoms with Crippen LogP contribution >= 0.6 is 24.0 Å². The van der Waals surface area contributed by atoms with E-state index in [1.54, 1.807) is 30.3 Å². The summed E-state index contributed by atoms with van der Waals surface area (Å²) < 4.78 is 15.0. The van der Waals surface area contributed by atoms with Crippen LogP contribution in [0.1, 0.15) is 30.1 Å². The molecule has 1 amide bonds. The Morgan fingerprint density at radius 2 is 1.96 bits per heavy atom. The number of Topliss-reactive ketones (excluding diaryl/α,β-unsaturated/α-hetero) is 1. The molecular weight excluding hydrogens is 390 g/mol. The molecule has 0 bridgehead atoms. The van der Waals surface area contributed by atoms with Crippen LogP contribution in [0.15, 0.2) is 36.4 Å². The summed E-state index contributed by atoms with van der Waals surface area (Å²) in [5.74, 6) is -0.336. The van der Waals surface area contributed by atoms with Crippen molar-refractivity contribution in [3.63, 3.8) is 0 Å². The minimum Gasteiger partial charge on any atom is -0.322 e. The molecular formula is C20H19Cl2FN2O2. The van der Waals surface area contributed by atoms with Crippen molar-refractivity contribution in [1.82, 2.24) is 5.32 Å². The van der Waals surface area contributed by atoms with Gasteiger partial charge in [0.25, 0.3) is 0 Å². The third-order valence-corrected chi connectivity index (χ3v) is 5.44. The molecule has 1 heterocycles. The Kier molecular flexibility index (Phi) is 5.56. The fourth-order valence-corrected chi connectivity index (χ4v) is 3.75. The molecule has 2 aliphatic rings. The van der Waals surface area contributed by atoms with Crippen LogP contribution < -0.4 is 10.6 Å². The number of anilines is 1. The van der Waals surface area contributed by atoms with Crippen molar-refractivity contribution < 1.29 is 14.0 Å². The van der Waals surface area contributed by atoms with Gasteiger partial charge in [0.15, 0.2) is 11.6 Å². The minimum atomic E-state index is -0.563. The van der Waals surface area contributed by atoms with E-state index >= 15 is 4.39 Å². The molecule has 1 aliphatic heterocycles. The van der Waals surface area contributed by atoms with E-state index in [2.05, 4.69) is 10.6 Å². The Labute approximate surface area is 167 Å². The fourth-order valence-electron chi connectivity index (χ4n) is 3.53. The number of carbonyl (C=O) groups is 2. The van der Waals surface area contributed by atoms with Gasteiger partial charge in [0.2, 0.25) is 5.91 Å². The van der Waals surface area contributed by atoms with Crippen LogP contribution in [-0.2, 0) is 4.79 Å². The third kappa shape index (κ3) is 3.86. The van der Waals surface area contributed by atoms with Crippen molar-refractivity contribution in [3.05, 3.63) is 52.8 Å². The molecule has 0 radical (unpaired) electrons. The molecule has 1 aliphatic carbocycles. The molecule has 2 N–H and O–H groups in total. The standard InChI is InChI=1S/C20H18ClFN2O2.ClH/c1-10(25)11-5-6-15(21)14(7-11)13-3-2-4-16(19(13)22)24-20(26)18-9-12-8-17(12)23-18;/h2-7,12,17-18,23H,8-9H2,1H3,(H,24,26);1H. The summed E-state index contributed by atoms with van der Waals surface area (Å²) in [7, 11) is 0. The largest absolute Gasteiger partial charge is 0.322 e. The summed E-state index contributed by atoms with van der Waals surface area (Å²) in [6.45, 7) is 1.44. The molecule has 2 aromatic rings. The van der Waals surface area contributed by atoms with Gasteiger partial charge < -0.3 is 10.6 Å². The minimum absolute atomic E-state index is 0. The summed E-state index contributed by atoms with van der Waals surface area (Å²) in [4.78, 5) is 24.0. The molecule has 2 aromatic carbocycles. The lowest BCUT2D eigenvalue weighted by Crippen LogP contribution is -2.38. The Hall–Kier alpha value is -1.95. The zero-order chi connectivity index (χ0) is 18.4. The molecule has 1 saturated heterocycles. The van der Waals surface area contributed by atoms with Gasteiger partial charge >= 0.3 is 0 Å². The summed E-state index contributed by atoms with van der Waals surface area (Å²) >= 11 is 6.21. The van der Waals surface area contributed by atoms with Crippen molar-refractivity contribution in [2.75, 3.05) is 5.32 Å². The second-order valence-electron chi connectivity index (χ2n) is 6.96. The van der Waals surface area contributed by atoms with Gasteiger partial charge in [-0.15, -0.1) is 12.4 Å². The van der Waals surface area contributed by atoms with Gasteiger partial charge in [0.05, 0.1) is 11.7 Å². The number of amides is 1. The van der Waals surface area contributed by atoms with E-state index in [-0.39, 0.29) is 41.4 Å². The van der Waals surface area contributed by atoms with Gasteiger partial charge in [0.1, 0.15) is 0 Å². The third-order valence-electron chi connectivity index (χ3n) is 5.11. The van der Waals surface area contributed by atoms with E-state index in [1.807, 2.05) is 0 Å². The molecule has 0 aromatic heterocycles. The van der Waals surface area contributed by atoms with E-state index in [1.165, 1.54) is 13.0 Å². The fraction of sp³-hybridized carbons (Fsp3) is 0.300. The van der Waals surface area contributed by atoms with Gasteiger partial charge in [-0.05, 0) is 49.9 Å². The molecule has 4 rings (SSSR count). The van der Waals surface area contributed by atoms with E-state index < -0.39 is 5.82 Å². The van der Waals surface area contributed by atoms with Crippen LogP contribution in [0, 0.1) is 11.7 Å².